The van der Waals surface area contributed by atoms with Crippen molar-refractivity contribution in [3.8, 4) is 0 Å². The Bertz CT molecular complexity index is 237. The molecule has 1 aliphatic heterocycles. The molecule has 1 saturated heterocycles. The lowest BCUT2D eigenvalue weighted by Crippen LogP contribution is -2.42. The summed E-state index contributed by atoms with van der Waals surface area (Å²) in [6, 6.07) is 0. The molecule has 1 aliphatic rings. The third kappa shape index (κ3) is 3.49. The summed E-state index contributed by atoms with van der Waals surface area (Å²) in [4.78, 5) is 22.0. The summed E-state index contributed by atoms with van der Waals surface area (Å²) in [7, 11) is 1.29. The molecule has 0 aliphatic carbocycles. The van der Waals surface area contributed by atoms with Crippen molar-refractivity contribution in [1.82, 2.24) is 5.32 Å². The molecule has 1 rings (SSSR count). The van der Waals surface area contributed by atoms with E-state index in [1.54, 1.807) is 0 Å². The van der Waals surface area contributed by atoms with Crippen LogP contribution in [0.25, 0.3) is 0 Å². The summed E-state index contributed by atoms with van der Waals surface area (Å²) >= 11 is 0. The molecule has 1 unspecified atom stereocenters. The van der Waals surface area contributed by atoms with Crippen molar-refractivity contribution < 1.29 is 24.2 Å². The van der Waals surface area contributed by atoms with Gasteiger partial charge in [-0.1, -0.05) is 0 Å². The van der Waals surface area contributed by atoms with Crippen LogP contribution in [-0.4, -0.2) is 49.5 Å². The zero-order chi connectivity index (χ0) is 11.3. The summed E-state index contributed by atoms with van der Waals surface area (Å²) in [6.45, 7) is 0.551. The van der Waals surface area contributed by atoms with Gasteiger partial charge in [-0.05, 0) is 12.8 Å². The first-order chi connectivity index (χ1) is 7.15. The Kier molecular flexibility index (Phi) is 4.51. The lowest BCUT2D eigenvalue weighted by molar-refractivity contribution is -0.148. The van der Waals surface area contributed by atoms with Crippen LogP contribution in [0.1, 0.15) is 12.8 Å². The Morgan fingerprint density at radius 1 is 1.67 bits per heavy atom. The molecule has 1 amide bonds. The van der Waals surface area contributed by atoms with Crippen molar-refractivity contribution >= 4 is 11.9 Å². The molecule has 1 fully saturated rings. The average Bonchev–Trinajstić information content (AvgIpc) is 2.70. The van der Waals surface area contributed by atoms with Crippen LogP contribution in [-0.2, 0) is 19.1 Å². The summed E-state index contributed by atoms with van der Waals surface area (Å²) in [6.07, 6.45) is 0.119. The maximum Gasteiger partial charge on any atom is 0.334 e. The second-order valence-corrected chi connectivity index (χ2v) is 3.31. The van der Waals surface area contributed by atoms with Crippen molar-refractivity contribution in [2.45, 2.75) is 25.0 Å². The zero-order valence-corrected chi connectivity index (χ0v) is 8.56. The molecule has 0 radical (unpaired) electrons. The minimum Gasteiger partial charge on any atom is -0.479 e. The van der Waals surface area contributed by atoms with Gasteiger partial charge >= 0.3 is 5.97 Å². The van der Waals surface area contributed by atoms with Gasteiger partial charge in [0.1, 0.15) is 6.10 Å². The smallest absolute Gasteiger partial charge is 0.334 e. The highest BCUT2D eigenvalue weighted by molar-refractivity contribution is 5.82. The maximum atomic E-state index is 11.4. The van der Waals surface area contributed by atoms with Crippen LogP contribution in [0.2, 0.25) is 0 Å². The minimum absolute atomic E-state index is 0.0372. The number of aliphatic carboxylic acids is 1. The van der Waals surface area contributed by atoms with Crippen molar-refractivity contribution in [3.05, 3.63) is 0 Å². The number of nitrogens with one attached hydrogen (secondary N) is 1. The number of methoxy groups -OCH3 is 1. The molecule has 15 heavy (non-hydrogen) atoms. The van der Waals surface area contributed by atoms with E-state index < -0.39 is 18.2 Å². The van der Waals surface area contributed by atoms with Gasteiger partial charge in [0.15, 0.2) is 6.10 Å². The van der Waals surface area contributed by atoms with Gasteiger partial charge < -0.3 is 19.9 Å². The molecule has 6 heteroatoms. The predicted octanol–water partition coefficient (Wildman–Crippen LogP) is -0.619. The van der Waals surface area contributed by atoms with Gasteiger partial charge in [-0.15, -0.1) is 0 Å². The Balaban J connectivity index is 2.28. The predicted molar refractivity (Wildman–Crippen MR) is 50.4 cm³/mol. The third-order valence-corrected chi connectivity index (χ3v) is 2.24. The lowest BCUT2D eigenvalue weighted by Gasteiger charge is -2.14. The first-order valence-corrected chi connectivity index (χ1v) is 4.80. The van der Waals surface area contributed by atoms with Gasteiger partial charge in [-0.2, -0.15) is 0 Å². The monoisotopic (exact) mass is 217 g/mol. The Morgan fingerprint density at radius 2 is 2.40 bits per heavy atom. The van der Waals surface area contributed by atoms with E-state index in [1.165, 1.54) is 7.11 Å². The van der Waals surface area contributed by atoms with Gasteiger partial charge in [-0.25, -0.2) is 4.79 Å². The summed E-state index contributed by atoms with van der Waals surface area (Å²) < 4.78 is 9.81. The van der Waals surface area contributed by atoms with Crippen molar-refractivity contribution in [2.75, 3.05) is 20.3 Å². The van der Waals surface area contributed by atoms with Crippen LogP contribution >= 0.6 is 0 Å². The summed E-state index contributed by atoms with van der Waals surface area (Å²) in [5.74, 6) is -1.36. The second-order valence-electron chi connectivity index (χ2n) is 3.31. The number of carbonyl (C=O) groups is 2. The van der Waals surface area contributed by atoms with Crippen LogP contribution in [0.4, 0.5) is 0 Å². The van der Waals surface area contributed by atoms with E-state index >= 15 is 0 Å². The van der Waals surface area contributed by atoms with Crippen LogP contribution in [0.5, 0.6) is 0 Å². The van der Waals surface area contributed by atoms with Gasteiger partial charge in [0.2, 0.25) is 5.91 Å². The Labute approximate surface area is 87.5 Å². The fourth-order valence-electron chi connectivity index (χ4n) is 1.36. The molecule has 1 heterocycles. The Morgan fingerprint density at radius 3 is 2.87 bits per heavy atom. The van der Waals surface area contributed by atoms with Crippen LogP contribution in [0.15, 0.2) is 0 Å². The number of amides is 1. The van der Waals surface area contributed by atoms with Crippen LogP contribution in [0.3, 0.4) is 0 Å². The number of carboxylic acids is 1. The van der Waals surface area contributed by atoms with Gasteiger partial charge in [0, 0.05) is 13.7 Å². The molecule has 0 bridgehead atoms. The van der Waals surface area contributed by atoms with E-state index in [0.29, 0.717) is 13.0 Å². The number of hydrogen-bond acceptors (Lipinski definition) is 4. The number of rotatable bonds is 5. The van der Waals surface area contributed by atoms with Crippen LogP contribution in [0, 0.1) is 0 Å². The normalized spacial score (nSPS) is 22.3. The number of hydrogen-bond donors (Lipinski definition) is 2. The fraction of sp³-hybridized carbons (Fsp3) is 0.778. The highest BCUT2D eigenvalue weighted by atomic mass is 16.5. The van der Waals surface area contributed by atoms with E-state index in [9.17, 15) is 9.59 Å². The quantitative estimate of drug-likeness (QED) is 0.641. The molecule has 6 nitrogen and oxygen atoms in total. The topological polar surface area (TPSA) is 84.9 Å². The highest BCUT2D eigenvalue weighted by Gasteiger charge is 2.25. The lowest BCUT2D eigenvalue weighted by atomic mass is 10.2. The van der Waals surface area contributed by atoms with E-state index in [2.05, 4.69) is 10.1 Å². The van der Waals surface area contributed by atoms with Gasteiger partial charge in [0.05, 0.1) is 6.54 Å². The number of carbonyl (C=O) groups excluding carboxylic acids is 1. The molecule has 2 N–H and O–H groups in total. The molecule has 0 aromatic rings. The van der Waals surface area contributed by atoms with Gasteiger partial charge in [0.25, 0.3) is 0 Å². The molecular formula is C9H15NO5. The highest BCUT2D eigenvalue weighted by Crippen LogP contribution is 2.11. The Hall–Kier alpha value is -1.14. The first-order valence-electron chi connectivity index (χ1n) is 4.80. The third-order valence-electron chi connectivity index (χ3n) is 2.24. The van der Waals surface area contributed by atoms with Crippen LogP contribution < -0.4 is 5.32 Å². The average molecular weight is 217 g/mol. The SMILES string of the molecule is COC(CNC(=O)[C@@H]1CCCO1)C(=O)O. The van der Waals surface area contributed by atoms with E-state index in [4.69, 9.17) is 9.84 Å². The molecule has 0 spiro atoms. The maximum absolute atomic E-state index is 11.4. The van der Waals surface area contributed by atoms with E-state index in [0.717, 1.165) is 6.42 Å². The van der Waals surface area contributed by atoms with Gasteiger partial charge in [-0.3, -0.25) is 4.79 Å². The van der Waals surface area contributed by atoms with Crippen molar-refractivity contribution in [3.63, 3.8) is 0 Å². The summed E-state index contributed by atoms with van der Waals surface area (Å²) in [5.41, 5.74) is 0. The summed E-state index contributed by atoms with van der Waals surface area (Å²) in [5, 5.41) is 11.1. The van der Waals surface area contributed by atoms with E-state index in [-0.39, 0.29) is 12.5 Å². The fourth-order valence-corrected chi connectivity index (χ4v) is 1.36. The molecule has 86 valence electrons. The molecule has 0 aromatic heterocycles. The number of ether oxygens (including phenoxy) is 2. The first kappa shape index (κ1) is 11.9. The largest absolute Gasteiger partial charge is 0.479 e. The van der Waals surface area contributed by atoms with Crippen molar-refractivity contribution in [2.24, 2.45) is 0 Å². The second kappa shape index (κ2) is 5.67. The molecule has 0 saturated carbocycles. The number of carboxylic acid groups (broad SMARTS) is 1. The molecular weight excluding hydrogens is 202 g/mol. The minimum atomic E-state index is -1.09. The zero-order valence-electron chi connectivity index (χ0n) is 8.56. The van der Waals surface area contributed by atoms with E-state index in [1.807, 2.05) is 0 Å². The van der Waals surface area contributed by atoms with Crippen molar-refractivity contribution in [1.29, 1.82) is 0 Å². The molecule has 0 aromatic carbocycles. The molecule has 2 atom stereocenters. The standard InChI is InChI=1S/C9H15NO5/c1-14-7(9(12)13)5-10-8(11)6-3-2-4-15-6/h6-7H,2-5H2,1H3,(H,10,11)(H,12,13)/t6-,7?/m0/s1.